The van der Waals surface area contributed by atoms with Crippen molar-refractivity contribution < 1.29 is 4.74 Å². The minimum atomic E-state index is 0.347. The third-order valence-electron chi connectivity index (χ3n) is 4.91. The van der Waals surface area contributed by atoms with Crippen molar-refractivity contribution in [1.29, 1.82) is 0 Å². The average Bonchev–Trinajstić information content (AvgIpc) is 2.81. The number of thioether (sulfide) groups is 1. The van der Waals surface area contributed by atoms with Crippen LogP contribution in [0.4, 0.5) is 0 Å². The number of morpholine rings is 1. The predicted octanol–water partition coefficient (Wildman–Crippen LogP) is 2.35. The lowest BCUT2D eigenvalue weighted by Gasteiger charge is -2.36. The molecule has 2 heterocycles. The van der Waals surface area contributed by atoms with Crippen LogP contribution in [0.3, 0.4) is 0 Å². The molecule has 1 N–H and O–H groups in total. The zero-order valence-electron chi connectivity index (χ0n) is 13.4. The van der Waals surface area contributed by atoms with Crippen LogP contribution in [-0.2, 0) is 4.74 Å². The summed E-state index contributed by atoms with van der Waals surface area (Å²) in [6.07, 6.45) is 5.40. The van der Waals surface area contributed by atoms with Gasteiger partial charge in [0.1, 0.15) is 0 Å². The summed E-state index contributed by atoms with van der Waals surface area (Å²) in [4.78, 5) is 7.40. The van der Waals surface area contributed by atoms with Crippen molar-refractivity contribution in [3.8, 4) is 0 Å². The van der Waals surface area contributed by atoms with Crippen molar-refractivity contribution in [2.24, 2.45) is 10.9 Å². The quantitative estimate of drug-likeness (QED) is 0.868. The Balaban J connectivity index is 1.52. The SMILES string of the molecule is CC1CCCC2(CSC(=NC(C)CN3CCOCC3)N2)C1. The number of amidine groups is 1. The minimum Gasteiger partial charge on any atom is -0.379 e. The Morgan fingerprint density at radius 3 is 3.05 bits per heavy atom. The van der Waals surface area contributed by atoms with E-state index in [0.29, 0.717) is 11.6 Å². The van der Waals surface area contributed by atoms with Gasteiger partial charge in [-0.2, -0.15) is 0 Å². The maximum absolute atomic E-state index is 5.41. The summed E-state index contributed by atoms with van der Waals surface area (Å²) in [6, 6.07) is 0.370. The Bertz CT molecular complexity index is 384. The molecule has 0 amide bonds. The van der Waals surface area contributed by atoms with Gasteiger partial charge in [0.2, 0.25) is 0 Å². The zero-order chi connectivity index (χ0) is 14.7. The van der Waals surface area contributed by atoms with Gasteiger partial charge >= 0.3 is 0 Å². The molecular formula is C16H29N3OS. The van der Waals surface area contributed by atoms with Gasteiger partial charge in [-0.15, -0.1) is 0 Å². The molecule has 0 aromatic carbocycles. The molecule has 0 bridgehead atoms. The van der Waals surface area contributed by atoms with Crippen molar-refractivity contribution >= 4 is 16.9 Å². The first-order chi connectivity index (χ1) is 10.2. The molecule has 3 unspecified atom stereocenters. The van der Waals surface area contributed by atoms with Crippen LogP contribution in [0.2, 0.25) is 0 Å². The molecule has 3 atom stereocenters. The third kappa shape index (κ3) is 4.14. The van der Waals surface area contributed by atoms with Crippen LogP contribution in [0, 0.1) is 5.92 Å². The molecule has 1 saturated carbocycles. The maximum Gasteiger partial charge on any atom is 0.157 e. The Morgan fingerprint density at radius 1 is 1.48 bits per heavy atom. The van der Waals surface area contributed by atoms with Gasteiger partial charge in [-0.25, -0.2) is 0 Å². The van der Waals surface area contributed by atoms with Crippen molar-refractivity contribution in [3.63, 3.8) is 0 Å². The molecule has 3 fully saturated rings. The molecule has 1 aliphatic carbocycles. The zero-order valence-corrected chi connectivity index (χ0v) is 14.3. The lowest BCUT2D eigenvalue weighted by atomic mass is 9.78. The van der Waals surface area contributed by atoms with Crippen molar-refractivity contribution in [1.82, 2.24) is 10.2 Å². The van der Waals surface area contributed by atoms with Crippen LogP contribution >= 0.6 is 11.8 Å². The van der Waals surface area contributed by atoms with Crippen molar-refractivity contribution in [3.05, 3.63) is 0 Å². The van der Waals surface area contributed by atoms with Crippen LogP contribution in [0.5, 0.6) is 0 Å². The summed E-state index contributed by atoms with van der Waals surface area (Å²) >= 11 is 1.94. The highest BCUT2D eigenvalue weighted by molar-refractivity contribution is 8.14. The molecule has 3 aliphatic rings. The van der Waals surface area contributed by atoms with E-state index in [1.807, 2.05) is 11.8 Å². The van der Waals surface area contributed by atoms with Gasteiger partial charge in [0.25, 0.3) is 0 Å². The number of ether oxygens (including phenoxy) is 1. The predicted molar refractivity (Wildman–Crippen MR) is 90.1 cm³/mol. The first-order valence-electron chi connectivity index (χ1n) is 8.44. The van der Waals surface area contributed by atoms with Crippen LogP contribution < -0.4 is 5.32 Å². The topological polar surface area (TPSA) is 36.9 Å². The van der Waals surface area contributed by atoms with Gasteiger partial charge in [0, 0.05) is 30.9 Å². The van der Waals surface area contributed by atoms with E-state index in [-0.39, 0.29) is 0 Å². The van der Waals surface area contributed by atoms with Gasteiger partial charge in [-0.1, -0.05) is 31.5 Å². The second kappa shape index (κ2) is 6.88. The summed E-state index contributed by atoms with van der Waals surface area (Å²) in [5, 5.41) is 4.96. The number of rotatable bonds is 3. The lowest BCUT2D eigenvalue weighted by molar-refractivity contribution is 0.0361. The fraction of sp³-hybridized carbons (Fsp3) is 0.938. The molecule has 120 valence electrons. The second-order valence-corrected chi connectivity index (χ2v) is 8.06. The smallest absolute Gasteiger partial charge is 0.157 e. The van der Waals surface area contributed by atoms with E-state index in [9.17, 15) is 0 Å². The van der Waals surface area contributed by atoms with Gasteiger partial charge < -0.3 is 10.1 Å². The summed E-state index contributed by atoms with van der Waals surface area (Å²) in [5.41, 5.74) is 0.347. The molecule has 1 spiro atoms. The molecule has 0 radical (unpaired) electrons. The molecule has 0 aromatic heterocycles. The van der Waals surface area contributed by atoms with E-state index in [4.69, 9.17) is 9.73 Å². The van der Waals surface area contributed by atoms with E-state index in [0.717, 1.165) is 38.8 Å². The van der Waals surface area contributed by atoms with Crippen LogP contribution in [-0.4, -0.2) is 60.2 Å². The lowest BCUT2D eigenvalue weighted by Crippen LogP contribution is -2.47. The van der Waals surface area contributed by atoms with Gasteiger partial charge in [0.15, 0.2) is 5.17 Å². The summed E-state index contributed by atoms with van der Waals surface area (Å²) < 4.78 is 5.41. The third-order valence-corrected chi connectivity index (χ3v) is 6.09. The summed E-state index contributed by atoms with van der Waals surface area (Å²) in [5.74, 6) is 2.07. The fourth-order valence-electron chi connectivity index (χ4n) is 3.88. The highest BCUT2D eigenvalue weighted by Crippen LogP contribution is 2.38. The van der Waals surface area contributed by atoms with Gasteiger partial charge in [0.05, 0.1) is 19.3 Å². The molecule has 21 heavy (non-hydrogen) atoms. The fourth-order valence-corrected chi connectivity index (χ4v) is 5.17. The molecule has 4 nitrogen and oxygen atoms in total. The Morgan fingerprint density at radius 2 is 2.29 bits per heavy atom. The second-order valence-electron chi connectivity index (χ2n) is 7.09. The molecule has 3 rings (SSSR count). The summed E-state index contributed by atoms with van der Waals surface area (Å²) in [7, 11) is 0. The molecule has 0 aromatic rings. The Hall–Kier alpha value is -0.260. The van der Waals surface area contributed by atoms with E-state index in [1.165, 1.54) is 36.6 Å². The number of nitrogens with one attached hydrogen (secondary N) is 1. The summed E-state index contributed by atoms with van der Waals surface area (Å²) in [6.45, 7) is 9.53. The highest BCUT2D eigenvalue weighted by atomic mass is 32.2. The monoisotopic (exact) mass is 311 g/mol. The standard InChI is InChI=1S/C16H29N3OS/c1-13-4-3-5-16(10-13)12-21-15(18-16)17-14(2)11-19-6-8-20-9-7-19/h13-14H,3-12H2,1-2H3,(H,17,18). The van der Waals surface area contributed by atoms with Crippen LogP contribution in [0.25, 0.3) is 0 Å². The number of aliphatic imine (C=N–C) groups is 1. The first kappa shape index (κ1) is 15.6. The average molecular weight is 311 g/mol. The number of hydrogen-bond acceptors (Lipinski definition) is 4. The number of hydrogen-bond donors (Lipinski definition) is 1. The Kier molecular flexibility index (Phi) is 5.12. The number of nitrogens with zero attached hydrogens (tertiary/aromatic N) is 2. The van der Waals surface area contributed by atoms with Crippen LogP contribution in [0.1, 0.15) is 39.5 Å². The molecule has 2 aliphatic heterocycles. The first-order valence-corrected chi connectivity index (χ1v) is 9.43. The largest absolute Gasteiger partial charge is 0.379 e. The van der Waals surface area contributed by atoms with Crippen molar-refractivity contribution in [2.75, 3.05) is 38.6 Å². The molecule has 5 heteroatoms. The highest BCUT2D eigenvalue weighted by Gasteiger charge is 2.40. The minimum absolute atomic E-state index is 0.347. The van der Waals surface area contributed by atoms with E-state index in [1.54, 1.807) is 0 Å². The van der Waals surface area contributed by atoms with Gasteiger partial charge in [-0.05, 0) is 25.7 Å². The van der Waals surface area contributed by atoms with E-state index < -0.39 is 0 Å². The molecular weight excluding hydrogens is 282 g/mol. The van der Waals surface area contributed by atoms with Crippen LogP contribution in [0.15, 0.2) is 4.99 Å². The Labute approximate surface area is 133 Å². The maximum atomic E-state index is 5.41. The van der Waals surface area contributed by atoms with Gasteiger partial charge in [-0.3, -0.25) is 9.89 Å². The normalized spacial score (nSPS) is 37.8. The van der Waals surface area contributed by atoms with E-state index in [2.05, 4.69) is 24.1 Å². The van der Waals surface area contributed by atoms with Crippen molar-refractivity contribution in [2.45, 2.75) is 51.1 Å². The molecule has 2 saturated heterocycles. The van der Waals surface area contributed by atoms with E-state index >= 15 is 0 Å².